The standard InChI is InChI=1S/C18H20BrNO3/c19-17-3-1-2-14(9-17)8-15(12-21)11-20-10-13-4-6-16(7-5-13)18(22)23/h1-7,9,15,20-21H,8,10-12H2,(H,22,23). The molecule has 122 valence electrons. The lowest BCUT2D eigenvalue weighted by atomic mass is 10.00. The molecule has 0 fully saturated rings. The van der Waals surface area contributed by atoms with Crippen molar-refractivity contribution >= 4 is 21.9 Å². The first-order chi connectivity index (χ1) is 11.1. The molecule has 0 heterocycles. The lowest BCUT2D eigenvalue weighted by Gasteiger charge is -2.15. The number of aromatic carboxylic acids is 1. The second-order valence-corrected chi connectivity index (χ2v) is 6.43. The fraction of sp³-hybridized carbons (Fsp3) is 0.278. The highest BCUT2D eigenvalue weighted by molar-refractivity contribution is 9.10. The van der Waals surface area contributed by atoms with Gasteiger partial charge < -0.3 is 15.5 Å². The summed E-state index contributed by atoms with van der Waals surface area (Å²) in [5.41, 5.74) is 2.50. The zero-order valence-corrected chi connectivity index (χ0v) is 14.3. The summed E-state index contributed by atoms with van der Waals surface area (Å²) in [6.07, 6.45) is 0.806. The van der Waals surface area contributed by atoms with Gasteiger partial charge in [-0.25, -0.2) is 4.79 Å². The van der Waals surface area contributed by atoms with Gasteiger partial charge in [0, 0.05) is 24.2 Å². The van der Waals surface area contributed by atoms with Crippen LogP contribution in [0.4, 0.5) is 0 Å². The molecule has 5 heteroatoms. The van der Waals surface area contributed by atoms with Crippen LogP contribution in [0.3, 0.4) is 0 Å². The van der Waals surface area contributed by atoms with Crippen LogP contribution in [0, 0.1) is 5.92 Å². The summed E-state index contributed by atoms with van der Waals surface area (Å²) >= 11 is 3.45. The number of halogens is 1. The summed E-state index contributed by atoms with van der Waals surface area (Å²) in [5, 5.41) is 21.7. The first kappa shape index (κ1) is 17.7. The van der Waals surface area contributed by atoms with Crippen molar-refractivity contribution in [3.63, 3.8) is 0 Å². The Balaban J connectivity index is 1.82. The van der Waals surface area contributed by atoms with E-state index in [1.807, 2.05) is 12.1 Å². The topological polar surface area (TPSA) is 69.6 Å². The SMILES string of the molecule is O=C(O)c1ccc(CNCC(CO)Cc2cccc(Br)c2)cc1. The second kappa shape index (κ2) is 8.82. The van der Waals surface area contributed by atoms with E-state index in [1.54, 1.807) is 24.3 Å². The largest absolute Gasteiger partial charge is 0.478 e. The van der Waals surface area contributed by atoms with Crippen molar-refractivity contribution < 1.29 is 15.0 Å². The Bertz CT molecular complexity index is 643. The van der Waals surface area contributed by atoms with Gasteiger partial charge in [0.15, 0.2) is 0 Å². The molecule has 0 aromatic heterocycles. The van der Waals surface area contributed by atoms with Gasteiger partial charge in [0.05, 0.1) is 5.56 Å². The van der Waals surface area contributed by atoms with E-state index < -0.39 is 5.97 Å². The fourth-order valence-electron chi connectivity index (χ4n) is 2.38. The zero-order valence-electron chi connectivity index (χ0n) is 12.7. The number of aliphatic hydroxyl groups is 1. The molecule has 0 saturated carbocycles. The summed E-state index contributed by atoms with van der Waals surface area (Å²) in [5.74, 6) is -0.776. The highest BCUT2D eigenvalue weighted by atomic mass is 79.9. The van der Waals surface area contributed by atoms with Crippen LogP contribution in [0.1, 0.15) is 21.5 Å². The molecule has 1 unspecified atom stereocenters. The Morgan fingerprint density at radius 2 is 1.87 bits per heavy atom. The normalized spacial score (nSPS) is 12.1. The number of hydrogen-bond donors (Lipinski definition) is 3. The number of aliphatic hydroxyl groups excluding tert-OH is 1. The number of nitrogens with one attached hydrogen (secondary N) is 1. The van der Waals surface area contributed by atoms with Crippen molar-refractivity contribution in [2.75, 3.05) is 13.2 Å². The Hall–Kier alpha value is -1.69. The van der Waals surface area contributed by atoms with Crippen LogP contribution >= 0.6 is 15.9 Å². The van der Waals surface area contributed by atoms with Gasteiger partial charge in [-0.3, -0.25) is 0 Å². The zero-order chi connectivity index (χ0) is 16.7. The van der Waals surface area contributed by atoms with E-state index in [0.29, 0.717) is 13.1 Å². The van der Waals surface area contributed by atoms with Crippen molar-refractivity contribution in [2.45, 2.75) is 13.0 Å². The number of benzene rings is 2. The lowest BCUT2D eigenvalue weighted by Crippen LogP contribution is -2.26. The quantitative estimate of drug-likeness (QED) is 0.660. The maximum Gasteiger partial charge on any atom is 0.335 e. The van der Waals surface area contributed by atoms with Crippen LogP contribution in [0.15, 0.2) is 53.0 Å². The Labute approximate surface area is 144 Å². The Morgan fingerprint density at radius 1 is 1.13 bits per heavy atom. The molecule has 2 aromatic carbocycles. The van der Waals surface area contributed by atoms with Crippen molar-refractivity contribution in [3.05, 3.63) is 69.7 Å². The third kappa shape index (κ3) is 5.78. The average molecular weight is 378 g/mol. The molecule has 0 saturated heterocycles. The summed E-state index contributed by atoms with van der Waals surface area (Å²) < 4.78 is 1.04. The monoisotopic (exact) mass is 377 g/mol. The maximum atomic E-state index is 10.8. The Kier molecular flexibility index (Phi) is 6.77. The first-order valence-electron chi connectivity index (χ1n) is 7.46. The molecule has 0 radical (unpaired) electrons. The van der Waals surface area contributed by atoms with E-state index in [0.717, 1.165) is 16.5 Å². The van der Waals surface area contributed by atoms with E-state index in [2.05, 4.69) is 33.4 Å². The summed E-state index contributed by atoms with van der Waals surface area (Å²) in [7, 11) is 0. The third-order valence-electron chi connectivity index (χ3n) is 3.63. The lowest BCUT2D eigenvalue weighted by molar-refractivity contribution is 0.0697. The minimum absolute atomic E-state index is 0.122. The minimum atomic E-state index is -0.918. The van der Waals surface area contributed by atoms with Crippen molar-refractivity contribution in [1.82, 2.24) is 5.32 Å². The van der Waals surface area contributed by atoms with Crippen molar-refractivity contribution in [1.29, 1.82) is 0 Å². The Morgan fingerprint density at radius 3 is 2.48 bits per heavy atom. The van der Waals surface area contributed by atoms with Crippen LogP contribution in [-0.2, 0) is 13.0 Å². The molecule has 0 aliphatic rings. The van der Waals surface area contributed by atoms with E-state index >= 15 is 0 Å². The number of carbonyl (C=O) groups is 1. The van der Waals surface area contributed by atoms with E-state index in [4.69, 9.17) is 5.11 Å². The second-order valence-electron chi connectivity index (χ2n) is 5.52. The highest BCUT2D eigenvalue weighted by Crippen LogP contribution is 2.15. The number of carboxylic acids is 1. The van der Waals surface area contributed by atoms with Crippen LogP contribution in [0.25, 0.3) is 0 Å². The molecular formula is C18H20BrNO3. The third-order valence-corrected chi connectivity index (χ3v) is 4.13. The first-order valence-corrected chi connectivity index (χ1v) is 8.26. The van der Waals surface area contributed by atoms with E-state index in [-0.39, 0.29) is 18.1 Å². The van der Waals surface area contributed by atoms with E-state index in [1.165, 1.54) is 5.56 Å². The van der Waals surface area contributed by atoms with Gasteiger partial charge in [-0.2, -0.15) is 0 Å². The molecule has 0 amide bonds. The van der Waals surface area contributed by atoms with Crippen molar-refractivity contribution in [2.24, 2.45) is 5.92 Å². The summed E-state index contributed by atoms with van der Waals surface area (Å²) in [6, 6.07) is 14.9. The molecule has 2 aromatic rings. The molecule has 0 bridgehead atoms. The number of carboxylic acid groups (broad SMARTS) is 1. The molecule has 0 aliphatic carbocycles. The molecular weight excluding hydrogens is 358 g/mol. The molecule has 23 heavy (non-hydrogen) atoms. The fourth-order valence-corrected chi connectivity index (χ4v) is 2.83. The number of rotatable bonds is 8. The van der Waals surface area contributed by atoms with E-state index in [9.17, 15) is 9.90 Å². The van der Waals surface area contributed by atoms with Crippen LogP contribution in [-0.4, -0.2) is 29.3 Å². The molecule has 3 N–H and O–H groups in total. The number of hydrogen-bond acceptors (Lipinski definition) is 3. The van der Waals surface area contributed by atoms with Gasteiger partial charge >= 0.3 is 5.97 Å². The van der Waals surface area contributed by atoms with Crippen molar-refractivity contribution in [3.8, 4) is 0 Å². The van der Waals surface area contributed by atoms with Gasteiger partial charge in [-0.1, -0.05) is 40.2 Å². The van der Waals surface area contributed by atoms with Gasteiger partial charge in [-0.05, 0) is 47.7 Å². The minimum Gasteiger partial charge on any atom is -0.478 e. The molecule has 4 nitrogen and oxygen atoms in total. The van der Waals surface area contributed by atoms with Gasteiger partial charge in [0.25, 0.3) is 0 Å². The molecule has 0 spiro atoms. The predicted molar refractivity (Wildman–Crippen MR) is 93.5 cm³/mol. The average Bonchev–Trinajstić information content (AvgIpc) is 2.54. The van der Waals surface area contributed by atoms with Crippen LogP contribution in [0.2, 0.25) is 0 Å². The van der Waals surface area contributed by atoms with Gasteiger partial charge in [0.1, 0.15) is 0 Å². The van der Waals surface area contributed by atoms with Gasteiger partial charge in [0.2, 0.25) is 0 Å². The maximum absolute atomic E-state index is 10.8. The predicted octanol–water partition coefficient (Wildman–Crippen LogP) is 3.09. The van der Waals surface area contributed by atoms with Crippen LogP contribution in [0.5, 0.6) is 0 Å². The smallest absolute Gasteiger partial charge is 0.335 e. The highest BCUT2D eigenvalue weighted by Gasteiger charge is 2.09. The molecule has 0 aliphatic heterocycles. The summed E-state index contributed by atoms with van der Waals surface area (Å²) in [4.78, 5) is 10.8. The molecule has 2 rings (SSSR count). The van der Waals surface area contributed by atoms with Crippen LogP contribution < -0.4 is 5.32 Å². The van der Waals surface area contributed by atoms with Gasteiger partial charge in [-0.15, -0.1) is 0 Å². The summed E-state index contributed by atoms with van der Waals surface area (Å²) in [6.45, 7) is 1.47. The molecule has 1 atom stereocenters.